The molecule has 1 amide bonds. The second-order valence-electron chi connectivity index (χ2n) is 5.11. The van der Waals surface area contributed by atoms with Crippen LogP contribution in [0.2, 0.25) is 0 Å². The number of carbonyl (C=O) groups excluding carboxylic acids is 2. The lowest BCUT2D eigenvalue weighted by atomic mass is 10.1. The maximum atomic E-state index is 12.9. The number of esters is 1. The van der Waals surface area contributed by atoms with Crippen molar-refractivity contribution in [1.29, 1.82) is 0 Å². The summed E-state index contributed by atoms with van der Waals surface area (Å²) >= 11 is 0. The first kappa shape index (κ1) is 14.9. The van der Waals surface area contributed by atoms with Crippen LogP contribution in [0, 0.1) is 5.82 Å². The number of rotatable bonds is 3. The quantitative estimate of drug-likeness (QED) is 0.642. The van der Waals surface area contributed by atoms with Gasteiger partial charge in [0.15, 0.2) is 6.61 Å². The van der Waals surface area contributed by atoms with E-state index in [-0.39, 0.29) is 11.3 Å². The molecule has 1 rings (SSSR count). The minimum atomic E-state index is -0.726. The van der Waals surface area contributed by atoms with Crippen LogP contribution in [0.5, 0.6) is 0 Å². The fourth-order valence-electron chi connectivity index (χ4n) is 1.34. The molecule has 0 atom stereocenters. The summed E-state index contributed by atoms with van der Waals surface area (Å²) in [5.74, 6) is -1.74. The molecule has 3 N–H and O–H groups in total. The van der Waals surface area contributed by atoms with E-state index in [9.17, 15) is 14.0 Å². The van der Waals surface area contributed by atoms with Crippen LogP contribution in [0.3, 0.4) is 0 Å². The molecule has 19 heavy (non-hydrogen) atoms. The van der Waals surface area contributed by atoms with E-state index in [2.05, 4.69) is 5.32 Å². The maximum Gasteiger partial charge on any atom is 0.338 e. The van der Waals surface area contributed by atoms with Gasteiger partial charge in [-0.1, -0.05) is 0 Å². The fourth-order valence-corrected chi connectivity index (χ4v) is 1.34. The van der Waals surface area contributed by atoms with Crippen molar-refractivity contribution in [3.05, 3.63) is 29.6 Å². The maximum absolute atomic E-state index is 12.9. The van der Waals surface area contributed by atoms with Gasteiger partial charge in [0.25, 0.3) is 5.91 Å². The SMILES string of the molecule is CC(C)(C)NC(=O)COC(=O)c1ccc(F)c(N)c1. The van der Waals surface area contributed by atoms with E-state index < -0.39 is 29.8 Å². The highest BCUT2D eigenvalue weighted by Gasteiger charge is 2.16. The van der Waals surface area contributed by atoms with Gasteiger partial charge in [0, 0.05) is 5.54 Å². The first-order valence-corrected chi connectivity index (χ1v) is 5.72. The van der Waals surface area contributed by atoms with Gasteiger partial charge in [0.05, 0.1) is 11.3 Å². The number of nitrogen functional groups attached to an aromatic ring is 1. The van der Waals surface area contributed by atoms with Crippen LogP contribution in [-0.2, 0) is 9.53 Å². The molecule has 1 aromatic rings. The number of hydrogen-bond acceptors (Lipinski definition) is 4. The standard InChI is InChI=1S/C13H17FN2O3/c1-13(2,3)16-11(17)7-19-12(18)8-4-5-9(14)10(15)6-8/h4-6H,7,15H2,1-3H3,(H,16,17). The Hall–Kier alpha value is -2.11. The number of benzene rings is 1. The Morgan fingerprint density at radius 3 is 2.53 bits per heavy atom. The van der Waals surface area contributed by atoms with E-state index in [1.165, 1.54) is 12.1 Å². The second kappa shape index (κ2) is 5.69. The third-order valence-electron chi connectivity index (χ3n) is 2.08. The zero-order valence-electron chi connectivity index (χ0n) is 11.1. The van der Waals surface area contributed by atoms with Crippen LogP contribution in [0.1, 0.15) is 31.1 Å². The molecule has 1 aromatic carbocycles. The minimum absolute atomic E-state index is 0.0995. The third-order valence-corrected chi connectivity index (χ3v) is 2.08. The van der Waals surface area contributed by atoms with E-state index in [1.807, 2.05) is 20.8 Å². The Kier molecular flexibility index (Phi) is 4.47. The predicted molar refractivity (Wildman–Crippen MR) is 69.0 cm³/mol. The molecule has 0 unspecified atom stereocenters. The van der Waals surface area contributed by atoms with E-state index in [0.717, 1.165) is 6.07 Å². The van der Waals surface area contributed by atoms with Crippen LogP contribution in [0.25, 0.3) is 0 Å². The lowest BCUT2D eigenvalue weighted by Crippen LogP contribution is -2.42. The van der Waals surface area contributed by atoms with Crippen molar-refractivity contribution < 1.29 is 18.7 Å². The lowest BCUT2D eigenvalue weighted by molar-refractivity contribution is -0.125. The van der Waals surface area contributed by atoms with Crippen LogP contribution in [-0.4, -0.2) is 24.0 Å². The average Bonchev–Trinajstić information content (AvgIpc) is 2.27. The highest BCUT2D eigenvalue weighted by Crippen LogP contribution is 2.13. The summed E-state index contributed by atoms with van der Waals surface area (Å²) in [5, 5.41) is 2.65. The summed E-state index contributed by atoms with van der Waals surface area (Å²) in [6.45, 7) is 5.04. The van der Waals surface area contributed by atoms with Crippen molar-refractivity contribution in [2.45, 2.75) is 26.3 Å². The first-order valence-electron chi connectivity index (χ1n) is 5.72. The number of carbonyl (C=O) groups is 2. The normalized spacial score (nSPS) is 10.9. The molecule has 0 radical (unpaired) electrons. The summed E-state index contributed by atoms with van der Waals surface area (Å²) in [6.07, 6.45) is 0. The molecule has 0 bridgehead atoms. The Morgan fingerprint density at radius 2 is 2.00 bits per heavy atom. The molecule has 0 aromatic heterocycles. The summed E-state index contributed by atoms with van der Waals surface area (Å²) < 4.78 is 17.7. The van der Waals surface area contributed by atoms with Gasteiger partial charge in [-0.05, 0) is 39.0 Å². The molecule has 0 heterocycles. The molecule has 0 aliphatic carbocycles. The number of nitrogens with two attached hydrogens (primary N) is 1. The molecule has 0 aliphatic heterocycles. The summed E-state index contributed by atoms with van der Waals surface area (Å²) in [4.78, 5) is 23.0. The summed E-state index contributed by atoms with van der Waals surface area (Å²) in [5.41, 5.74) is 4.89. The number of nitrogens with one attached hydrogen (secondary N) is 1. The Bertz CT molecular complexity index is 495. The smallest absolute Gasteiger partial charge is 0.338 e. The van der Waals surface area contributed by atoms with Gasteiger partial charge < -0.3 is 15.8 Å². The van der Waals surface area contributed by atoms with Crippen LogP contribution >= 0.6 is 0 Å². The van der Waals surface area contributed by atoms with Crippen molar-refractivity contribution in [2.75, 3.05) is 12.3 Å². The van der Waals surface area contributed by atoms with E-state index in [1.54, 1.807) is 0 Å². The van der Waals surface area contributed by atoms with Crippen LogP contribution < -0.4 is 11.1 Å². The monoisotopic (exact) mass is 268 g/mol. The van der Waals surface area contributed by atoms with Crippen LogP contribution in [0.4, 0.5) is 10.1 Å². The van der Waals surface area contributed by atoms with Crippen molar-refractivity contribution in [2.24, 2.45) is 0 Å². The third kappa shape index (κ3) is 4.95. The molecular weight excluding hydrogens is 251 g/mol. The van der Waals surface area contributed by atoms with Gasteiger partial charge in [0.1, 0.15) is 5.82 Å². The van der Waals surface area contributed by atoms with Crippen LogP contribution in [0.15, 0.2) is 18.2 Å². The zero-order chi connectivity index (χ0) is 14.6. The fraction of sp³-hybridized carbons (Fsp3) is 0.385. The average molecular weight is 268 g/mol. The number of halogens is 1. The number of ether oxygens (including phenoxy) is 1. The lowest BCUT2D eigenvalue weighted by Gasteiger charge is -2.20. The molecule has 0 aliphatic rings. The molecule has 0 spiro atoms. The Morgan fingerprint density at radius 1 is 1.37 bits per heavy atom. The predicted octanol–water partition coefficient (Wildman–Crippen LogP) is 1.48. The molecule has 0 saturated carbocycles. The summed E-state index contributed by atoms with van der Waals surface area (Å²) in [6, 6.07) is 3.48. The molecule has 0 fully saturated rings. The molecule has 6 heteroatoms. The molecule has 0 saturated heterocycles. The van der Waals surface area contributed by atoms with E-state index in [4.69, 9.17) is 10.5 Å². The number of amides is 1. The Balaban J connectivity index is 2.56. The second-order valence-corrected chi connectivity index (χ2v) is 5.11. The van der Waals surface area contributed by atoms with Crippen molar-refractivity contribution in [3.8, 4) is 0 Å². The Labute approximate surface area is 110 Å². The van der Waals surface area contributed by atoms with Gasteiger partial charge in [-0.25, -0.2) is 9.18 Å². The number of hydrogen-bond donors (Lipinski definition) is 2. The van der Waals surface area contributed by atoms with Gasteiger partial charge in [-0.15, -0.1) is 0 Å². The highest BCUT2D eigenvalue weighted by molar-refractivity contribution is 5.92. The zero-order valence-corrected chi connectivity index (χ0v) is 11.1. The number of anilines is 1. The molecule has 104 valence electrons. The molecule has 5 nitrogen and oxygen atoms in total. The van der Waals surface area contributed by atoms with Crippen molar-refractivity contribution >= 4 is 17.6 Å². The van der Waals surface area contributed by atoms with Gasteiger partial charge in [-0.2, -0.15) is 0 Å². The summed E-state index contributed by atoms with van der Waals surface area (Å²) in [7, 11) is 0. The van der Waals surface area contributed by atoms with E-state index >= 15 is 0 Å². The van der Waals surface area contributed by atoms with Crippen molar-refractivity contribution in [3.63, 3.8) is 0 Å². The van der Waals surface area contributed by atoms with E-state index in [0.29, 0.717) is 0 Å². The van der Waals surface area contributed by atoms with Gasteiger partial charge >= 0.3 is 5.97 Å². The topological polar surface area (TPSA) is 81.4 Å². The first-order chi connectivity index (χ1) is 8.69. The minimum Gasteiger partial charge on any atom is -0.452 e. The van der Waals surface area contributed by atoms with Gasteiger partial charge in [-0.3, -0.25) is 4.79 Å². The van der Waals surface area contributed by atoms with Crippen molar-refractivity contribution in [1.82, 2.24) is 5.32 Å². The van der Waals surface area contributed by atoms with Gasteiger partial charge in [0.2, 0.25) is 0 Å². The molecular formula is C13H17FN2O3. The highest BCUT2D eigenvalue weighted by atomic mass is 19.1. The largest absolute Gasteiger partial charge is 0.452 e.